The number of nitrogens with zero attached hydrogens (tertiary/aromatic N) is 4. The lowest BCUT2D eigenvalue weighted by Crippen LogP contribution is -2.35. The number of carbonyl (C=O) groups is 1. The average Bonchev–Trinajstić information content (AvgIpc) is 3.11. The van der Waals surface area contributed by atoms with Gasteiger partial charge in [0.25, 0.3) is 6.47 Å². The van der Waals surface area contributed by atoms with Crippen molar-refractivity contribution in [2.24, 2.45) is 5.92 Å². The molecule has 2 heterocycles. The number of nitriles is 1. The van der Waals surface area contributed by atoms with Crippen LogP contribution in [0.15, 0.2) is 12.4 Å². The molecule has 1 atom stereocenters. The van der Waals surface area contributed by atoms with Gasteiger partial charge in [-0.15, -0.1) is 0 Å². The predicted molar refractivity (Wildman–Crippen MR) is 90.5 cm³/mol. The molecular formula is C17H25N5O2. The summed E-state index contributed by atoms with van der Waals surface area (Å²) in [4.78, 5) is 19.3. The summed E-state index contributed by atoms with van der Waals surface area (Å²) in [6.07, 6.45) is 11.4. The normalized spacial score (nSPS) is 21.4. The van der Waals surface area contributed by atoms with E-state index in [-0.39, 0.29) is 6.47 Å². The second kappa shape index (κ2) is 9.83. The van der Waals surface area contributed by atoms with Gasteiger partial charge >= 0.3 is 0 Å². The Bertz CT molecular complexity index is 554. The average molecular weight is 331 g/mol. The highest BCUT2D eigenvalue weighted by Gasteiger charge is 2.28. The summed E-state index contributed by atoms with van der Waals surface area (Å²) in [5, 5.41) is 19.2. The molecule has 1 saturated heterocycles. The van der Waals surface area contributed by atoms with Gasteiger partial charge in [-0.25, -0.2) is 9.97 Å². The number of aromatic nitrogens is 2. The highest BCUT2D eigenvalue weighted by Crippen LogP contribution is 2.27. The zero-order valence-electron chi connectivity index (χ0n) is 13.9. The molecule has 1 aliphatic carbocycles. The predicted octanol–water partition coefficient (Wildman–Crippen LogP) is 2.12. The van der Waals surface area contributed by atoms with Crippen LogP contribution in [0.5, 0.6) is 0 Å². The van der Waals surface area contributed by atoms with Crippen molar-refractivity contribution >= 4 is 12.3 Å². The van der Waals surface area contributed by atoms with Crippen molar-refractivity contribution < 1.29 is 9.90 Å². The number of hydrogen-bond acceptors (Lipinski definition) is 6. The highest BCUT2D eigenvalue weighted by atomic mass is 16.3. The Labute approximate surface area is 142 Å². The molecule has 2 N–H and O–H groups in total. The number of carboxylic acid groups (broad SMARTS) is 1. The number of hydrogen-bond donors (Lipinski definition) is 2. The van der Waals surface area contributed by atoms with E-state index in [4.69, 9.17) is 15.2 Å². The standard InChI is InChI=1S/C16H23N5.CH2O2/c17-10-15-16(19-8-7-18-15)20-11-13-6-9-21(12-13)14-4-2-1-3-5-14;2-1-3/h7-8,13-14H,1-6,9,11-12H2,(H,19,20);1H,(H,2,3). The fourth-order valence-corrected chi connectivity index (χ4v) is 3.60. The van der Waals surface area contributed by atoms with E-state index in [1.165, 1.54) is 51.6 Å². The fourth-order valence-electron chi connectivity index (χ4n) is 3.60. The first-order chi connectivity index (χ1) is 11.8. The van der Waals surface area contributed by atoms with Gasteiger partial charge in [0, 0.05) is 31.5 Å². The molecule has 1 saturated carbocycles. The van der Waals surface area contributed by atoms with E-state index >= 15 is 0 Å². The van der Waals surface area contributed by atoms with Crippen LogP contribution in [0.1, 0.15) is 44.2 Å². The molecule has 130 valence electrons. The smallest absolute Gasteiger partial charge is 0.290 e. The second-order valence-electron chi connectivity index (χ2n) is 6.29. The van der Waals surface area contributed by atoms with E-state index in [9.17, 15) is 0 Å². The molecule has 2 fully saturated rings. The van der Waals surface area contributed by atoms with E-state index in [0.29, 0.717) is 17.4 Å². The van der Waals surface area contributed by atoms with Crippen LogP contribution >= 0.6 is 0 Å². The summed E-state index contributed by atoms with van der Waals surface area (Å²) < 4.78 is 0. The number of nitrogens with one attached hydrogen (secondary N) is 1. The molecule has 7 heteroatoms. The van der Waals surface area contributed by atoms with Gasteiger partial charge in [-0.3, -0.25) is 4.79 Å². The van der Waals surface area contributed by atoms with Crippen molar-refractivity contribution in [2.75, 3.05) is 25.0 Å². The number of likely N-dealkylation sites (tertiary alicyclic amines) is 1. The Kier molecular flexibility index (Phi) is 7.43. The quantitative estimate of drug-likeness (QED) is 0.815. The highest BCUT2D eigenvalue weighted by molar-refractivity contribution is 5.46. The summed E-state index contributed by atoms with van der Waals surface area (Å²) in [6, 6.07) is 2.90. The van der Waals surface area contributed by atoms with Gasteiger partial charge in [0.05, 0.1) is 0 Å². The Hall–Kier alpha value is -2.20. The molecule has 1 aliphatic heterocycles. The first kappa shape index (κ1) is 18.1. The molecule has 1 unspecified atom stereocenters. The Morgan fingerprint density at radius 2 is 2.00 bits per heavy atom. The number of anilines is 1. The molecular weight excluding hydrogens is 306 g/mol. The lowest BCUT2D eigenvalue weighted by molar-refractivity contribution is -0.122. The lowest BCUT2D eigenvalue weighted by atomic mass is 9.94. The van der Waals surface area contributed by atoms with Gasteiger partial charge in [0.2, 0.25) is 0 Å². The van der Waals surface area contributed by atoms with Gasteiger partial charge < -0.3 is 15.3 Å². The largest absolute Gasteiger partial charge is 0.483 e. The van der Waals surface area contributed by atoms with Crippen LogP contribution < -0.4 is 5.32 Å². The maximum Gasteiger partial charge on any atom is 0.290 e. The minimum atomic E-state index is -0.250. The van der Waals surface area contributed by atoms with E-state index in [0.717, 1.165) is 12.6 Å². The minimum Gasteiger partial charge on any atom is -0.483 e. The summed E-state index contributed by atoms with van der Waals surface area (Å²) in [7, 11) is 0. The minimum absolute atomic E-state index is 0.250. The van der Waals surface area contributed by atoms with E-state index < -0.39 is 0 Å². The molecule has 3 rings (SSSR count). The van der Waals surface area contributed by atoms with Crippen LogP contribution in [0.25, 0.3) is 0 Å². The third-order valence-electron chi connectivity index (χ3n) is 4.77. The topological polar surface area (TPSA) is 102 Å². The Balaban J connectivity index is 0.000000647. The SMILES string of the molecule is N#Cc1nccnc1NCC1CCN(C2CCCCC2)C1.O=CO. The molecule has 2 aliphatic rings. The molecule has 0 aromatic carbocycles. The summed E-state index contributed by atoms with van der Waals surface area (Å²) in [6.45, 7) is 3.04. The summed E-state index contributed by atoms with van der Waals surface area (Å²) in [5.41, 5.74) is 0.389. The van der Waals surface area contributed by atoms with Gasteiger partial charge in [-0.1, -0.05) is 19.3 Å². The van der Waals surface area contributed by atoms with Crippen LogP contribution in [-0.2, 0) is 4.79 Å². The molecule has 0 amide bonds. The Morgan fingerprint density at radius 1 is 1.29 bits per heavy atom. The van der Waals surface area contributed by atoms with Crippen molar-refractivity contribution in [2.45, 2.75) is 44.6 Å². The summed E-state index contributed by atoms with van der Waals surface area (Å²) >= 11 is 0. The van der Waals surface area contributed by atoms with Gasteiger partial charge in [0.15, 0.2) is 11.5 Å². The molecule has 0 bridgehead atoms. The molecule has 1 aromatic heterocycles. The van der Waals surface area contributed by atoms with Crippen molar-refractivity contribution in [3.63, 3.8) is 0 Å². The third-order valence-corrected chi connectivity index (χ3v) is 4.77. The van der Waals surface area contributed by atoms with Gasteiger partial charge in [0.1, 0.15) is 6.07 Å². The van der Waals surface area contributed by atoms with Crippen LogP contribution in [0.4, 0.5) is 5.82 Å². The first-order valence-electron chi connectivity index (χ1n) is 8.55. The summed E-state index contributed by atoms with van der Waals surface area (Å²) in [5.74, 6) is 1.27. The van der Waals surface area contributed by atoms with E-state index in [1.807, 2.05) is 0 Å². The van der Waals surface area contributed by atoms with E-state index in [2.05, 4.69) is 26.3 Å². The third kappa shape index (κ3) is 5.17. The first-order valence-corrected chi connectivity index (χ1v) is 8.55. The zero-order valence-corrected chi connectivity index (χ0v) is 13.9. The molecule has 0 spiro atoms. The molecule has 1 aromatic rings. The van der Waals surface area contributed by atoms with Gasteiger partial charge in [-0.2, -0.15) is 5.26 Å². The molecule has 7 nitrogen and oxygen atoms in total. The van der Waals surface area contributed by atoms with Crippen molar-refractivity contribution in [3.05, 3.63) is 18.1 Å². The molecule has 24 heavy (non-hydrogen) atoms. The van der Waals surface area contributed by atoms with Crippen LogP contribution in [0, 0.1) is 17.2 Å². The Morgan fingerprint density at radius 3 is 2.71 bits per heavy atom. The second-order valence-corrected chi connectivity index (χ2v) is 6.29. The van der Waals surface area contributed by atoms with Gasteiger partial charge in [-0.05, 0) is 31.7 Å². The van der Waals surface area contributed by atoms with Crippen molar-refractivity contribution in [1.82, 2.24) is 14.9 Å². The maximum atomic E-state index is 9.02. The molecule has 0 radical (unpaired) electrons. The zero-order chi connectivity index (χ0) is 17.2. The van der Waals surface area contributed by atoms with Crippen LogP contribution in [-0.4, -0.2) is 52.1 Å². The van der Waals surface area contributed by atoms with Crippen molar-refractivity contribution in [1.29, 1.82) is 5.26 Å². The number of rotatable bonds is 4. The lowest BCUT2D eigenvalue weighted by Gasteiger charge is -2.31. The van der Waals surface area contributed by atoms with Crippen LogP contribution in [0.3, 0.4) is 0 Å². The maximum absolute atomic E-state index is 9.02. The monoisotopic (exact) mass is 331 g/mol. The van der Waals surface area contributed by atoms with Crippen molar-refractivity contribution in [3.8, 4) is 6.07 Å². The van der Waals surface area contributed by atoms with E-state index in [1.54, 1.807) is 12.4 Å². The fraction of sp³-hybridized carbons (Fsp3) is 0.647. The van der Waals surface area contributed by atoms with Crippen LogP contribution in [0.2, 0.25) is 0 Å².